The largest absolute Gasteiger partial charge is 0.493 e. The number of hydrogen-bond acceptors (Lipinski definition) is 6. The lowest BCUT2D eigenvalue weighted by Crippen LogP contribution is -2.28. The van der Waals surface area contributed by atoms with Gasteiger partial charge >= 0.3 is 0 Å². The van der Waals surface area contributed by atoms with Crippen LogP contribution in [0.4, 0.5) is 0 Å². The first-order valence-electron chi connectivity index (χ1n) is 13.1. The van der Waals surface area contributed by atoms with Gasteiger partial charge < -0.3 is 14.4 Å². The van der Waals surface area contributed by atoms with Crippen molar-refractivity contribution in [1.29, 1.82) is 0 Å². The molecule has 0 N–H and O–H groups in total. The van der Waals surface area contributed by atoms with Crippen molar-refractivity contribution in [2.45, 2.75) is 37.8 Å². The molecule has 3 aromatic carbocycles. The molecule has 0 unspecified atom stereocenters. The van der Waals surface area contributed by atoms with Gasteiger partial charge in [0, 0.05) is 37.9 Å². The fraction of sp³-hybridized carbons (Fsp3) is 0.323. The van der Waals surface area contributed by atoms with Crippen molar-refractivity contribution in [2.75, 3.05) is 33.6 Å². The number of thioether (sulfide) groups is 1. The van der Waals surface area contributed by atoms with Crippen LogP contribution >= 0.6 is 11.8 Å². The molecule has 4 aromatic rings. The minimum atomic E-state index is 0.140. The second-order valence-corrected chi connectivity index (χ2v) is 10.5. The Morgan fingerprint density at radius 3 is 2.38 bits per heavy atom. The van der Waals surface area contributed by atoms with Gasteiger partial charge in [-0.05, 0) is 55.2 Å². The molecule has 1 aromatic heterocycles. The highest BCUT2D eigenvalue weighted by Crippen LogP contribution is 2.28. The number of nitrogens with zero attached hydrogens (tertiary/aromatic N) is 4. The van der Waals surface area contributed by atoms with E-state index in [0.717, 1.165) is 40.8 Å². The van der Waals surface area contributed by atoms with E-state index in [1.165, 1.54) is 11.1 Å². The number of hydrogen-bond donors (Lipinski definition) is 0. The fourth-order valence-electron chi connectivity index (χ4n) is 4.28. The number of methoxy groups -OCH3 is 2. The molecule has 204 valence electrons. The summed E-state index contributed by atoms with van der Waals surface area (Å²) in [5.41, 5.74) is 4.55. The Hall–Kier alpha value is -3.78. The van der Waals surface area contributed by atoms with Gasteiger partial charge in [-0.2, -0.15) is 0 Å². The molecule has 0 bridgehead atoms. The molecule has 0 aliphatic heterocycles. The first-order chi connectivity index (χ1) is 19.0. The van der Waals surface area contributed by atoms with Gasteiger partial charge in [0.1, 0.15) is 5.82 Å². The number of benzene rings is 3. The zero-order chi connectivity index (χ0) is 27.6. The second kappa shape index (κ2) is 13.8. The van der Waals surface area contributed by atoms with E-state index in [0.29, 0.717) is 30.9 Å². The van der Waals surface area contributed by atoms with Crippen LogP contribution in [0.2, 0.25) is 0 Å². The number of carbonyl (C=O) groups is 1. The zero-order valence-corrected chi connectivity index (χ0v) is 23.9. The smallest absolute Gasteiger partial charge is 0.222 e. The van der Waals surface area contributed by atoms with Gasteiger partial charge in [0.2, 0.25) is 5.91 Å². The molecule has 8 heteroatoms. The third-order valence-electron chi connectivity index (χ3n) is 6.57. The van der Waals surface area contributed by atoms with Gasteiger partial charge in [0.25, 0.3) is 0 Å². The molecule has 0 radical (unpaired) electrons. The molecule has 0 aliphatic carbocycles. The molecule has 1 amide bonds. The van der Waals surface area contributed by atoms with Crippen molar-refractivity contribution in [1.82, 2.24) is 19.7 Å². The van der Waals surface area contributed by atoms with E-state index in [1.807, 2.05) is 43.4 Å². The summed E-state index contributed by atoms with van der Waals surface area (Å²) < 4.78 is 12.8. The van der Waals surface area contributed by atoms with E-state index in [1.54, 1.807) is 30.9 Å². The number of amides is 1. The molecular formula is C31H36N4O3S. The van der Waals surface area contributed by atoms with Crippen LogP contribution in [0, 0.1) is 6.92 Å². The number of ether oxygens (including phenoxy) is 2. The lowest BCUT2D eigenvalue weighted by Gasteiger charge is -2.18. The van der Waals surface area contributed by atoms with Gasteiger partial charge in [-0.25, -0.2) is 0 Å². The summed E-state index contributed by atoms with van der Waals surface area (Å²) in [5, 5.41) is 9.89. The number of likely N-dealkylation sites (N-methyl/N-ethyl adjacent to an activating group) is 1. The number of rotatable bonds is 13. The summed E-state index contributed by atoms with van der Waals surface area (Å²) in [6.45, 7) is 2.73. The number of carbonyl (C=O) groups excluding carboxylic acids is 1. The van der Waals surface area contributed by atoms with Gasteiger partial charge in [0.15, 0.2) is 16.7 Å². The van der Waals surface area contributed by atoms with Crippen LogP contribution in [0.3, 0.4) is 0 Å². The Labute approximate surface area is 235 Å². The molecule has 0 atom stereocenters. The number of aryl methyl sites for hydroxylation is 1. The zero-order valence-electron chi connectivity index (χ0n) is 23.1. The van der Waals surface area contributed by atoms with E-state index < -0.39 is 0 Å². The van der Waals surface area contributed by atoms with Crippen LogP contribution in [0.1, 0.15) is 35.4 Å². The van der Waals surface area contributed by atoms with Crippen LogP contribution in [0.5, 0.6) is 11.5 Å². The van der Waals surface area contributed by atoms with Gasteiger partial charge in [0.05, 0.1) is 14.2 Å². The molecule has 1 heterocycles. The fourth-order valence-corrected chi connectivity index (χ4v) is 5.18. The minimum Gasteiger partial charge on any atom is -0.493 e. The quantitative estimate of drug-likeness (QED) is 0.158. The van der Waals surface area contributed by atoms with Crippen molar-refractivity contribution in [2.24, 2.45) is 0 Å². The molecule has 0 aliphatic rings. The topological polar surface area (TPSA) is 69.5 Å². The second-order valence-electron chi connectivity index (χ2n) is 9.44. The lowest BCUT2D eigenvalue weighted by molar-refractivity contribution is -0.129. The maximum atomic E-state index is 12.8. The third kappa shape index (κ3) is 7.63. The Morgan fingerprint density at radius 2 is 1.67 bits per heavy atom. The Bertz CT molecular complexity index is 1360. The lowest BCUT2D eigenvalue weighted by atomic mass is 10.1. The summed E-state index contributed by atoms with van der Waals surface area (Å²) in [6, 6.07) is 24.6. The molecule has 4 rings (SSSR count). The average Bonchev–Trinajstić information content (AvgIpc) is 3.36. The highest BCUT2D eigenvalue weighted by molar-refractivity contribution is 7.99. The summed E-state index contributed by atoms with van der Waals surface area (Å²) in [4.78, 5) is 14.6. The van der Waals surface area contributed by atoms with E-state index in [9.17, 15) is 4.79 Å². The molecule has 39 heavy (non-hydrogen) atoms. The molecule has 7 nitrogen and oxygen atoms in total. The monoisotopic (exact) mass is 544 g/mol. The minimum absolute atomic E-state index is 0.140. The van der Waals surface area contributed by atoms with Crippen LogP contribution in [0.15, 0.2) is 78.0 Å². The molecule has 0 fully saturated rings. The average molecular weight is 545 g/mol. The van der Waals surface area contributed by atoms with Crippen LogP contribution in [-0.4, -0.2) is 59.1 Å². The van der Waals surface area contributed by atoms with E-state index >= 15 is 0 Å². The SMILES string of the molecule is COc1ccc(CCN(C)C(=O)CCCSc2nnc(Cc3ccccc3)n2-c2ccc(C)cc2)cc1OC. The molecule has 0 saturated carbocycles. The van der Waals surface area contributed by atoms with Crippen LogP contribution in [-0.2, 0) is 17.6 Å². The van der Waals surface area contributed by atoms with Gasteiger partial charge in [-0.1, -0.05) is 65.9 Å². The Kier molecular flexibility index (Phi) is 10.0. The predicted molar refractivity (Wildman–Crippen MR) is 156 cm³/mol. The first-order valence-corrected chi connectivity index (χ1v) is 14.1. The first kappa shape index (κ1) is 28.2. The highest BCUT2D eigenvalue weighted by atomic mass is 32.2. The summed E-state index contributed by atoms with van der Waals surface area (Å²) in [7, 11) is 5.11. The molecule has 0 saturated heterocycles. The van der Waals surface area contributed by atoms with Crippen molar-refractivity contribution in [3.8, 4) is 17.2 Å². The maximum absolute atomic E-state index is 12.8. The summed E-state index contributed by atoms with van der Waals surface area (Å²) in [5.74, 6) is 3.23. The van der Waals surface area contributed by atoms with E-state index in [2.05, 4.69) is 58.1 Å². The predicted octanol–water partition coefficient (Wildman–Crippen LogP) is 5.76. The van der Waals surface area contributed by atoms with E-state index in [4.69, 9.17) is 9.47 Å². The Morgan fingerprint density at radius 1 is 0.923 bits per heavy atom. The van der Waals surface area contributed by atoms with Crippen molar-refractivity contribution in [3.05, 3.63) is 95.3 Å². The van der Waals surface area contributed by atoms with Crippen molar-refractivity contribution in [3.63, 3.8) is 0 Å². The number of aromatic nitrogens is 3. The highest BCUT2D eigenvalue weighted by Gasteiger charge is 2.16. The summed E-state index contributed by atoms with van der Waals surface area (Å²) >= 11 is 1.64. The molecule has 0 spiro atoms. The molecular weight excluding hydrogens is 508 g/mol. The maximum Gasteiger partial charge on any atom is 0.222 e. The third-order valence-corrected chi connectivity index (χ3v) is 7.59. The van der Waals surface area contributed by atoms with E-state index in [-0.39, 0.29) is 5.91 Å². The van der Waals surface area contributed by atoms with Crippen LogP contribution < -0.4 is 9.47 Å². The van der Waals surface area contributed by atoms with Crippen LogP contribution in [0.25, 0.3) is 5.69 Å². The van der Waals surface area contributed by atoms with Gasteiger partial charge in [-0.15, -0.1) is 10.2 Å². The Balaban J connectivity index is 1.32. The van der Waals surface area contributed by atoms with Crippen molar-refractivity contribution < 1.29 is 14.3 Å². The standard InChI is InChI=1S/C31H36N4O3S/c1-23-12-15-26(16-13-23)35-29(22-24-9-6-5-7-10-24)32-33-31(35)39-20-8-11-30(36)34(2)19-18-25-14-17-27(37-3)28(21-25)38-4/h5-7,9-10,12-17,21H,8,11,18-20,22H2,1-4H3. The summed E-state index contributed by atoms with van der Waals surface area (Å²) in [6.07, 6.45) is 2.71. The van der Waals surface area contributed by atoms with Gasteiger partial charge in [-0.3, -0.25) is 9.36 Å². The van der Waals surface area contributed by atoms with Crippen molar-refractivity contribution >= 4 is 17.7 Å². The normalized spacial score (nSPS) is 10.9.